The van der Waals surface area contributed by atoms with Gasteiger partial charge in [-0.3, -0.25) is 4.79 Å². The molecule has 0 atom stereocenters. The highest BCUT2D eigenvalue weighted by atomic mass is 35.5. The lowest BCUT2D eigenvalue weighted by molar-refractivity contribution is -0.118. The molecule has 0 radical (unpaired) electrons. The monoisotopic (exact) mass is 419 g/mol. The molecule has 1 aromatic heterocycles. The number of hydrogen-bond acceptors (Lipinski definition) is 4. The molecule has 0 spiro atoms. The average molecular weight is 420 g/mol. The molecule has 0 unspecified atom stereocenters. The molecule has 4 rings (SSSR count). The molecule has 4 aromatic rings. The standard InChI is InChI=1S/C24H18ClNO4/c1-15-7-10-21(20(25)11-15)26-23(27)14-29-17-8-9-18-19(16-5-3-2-4-6-16)13-24(28)30-22(18)12-17/h2-13H,14H2,1H3,(H,26,27). The van der Waals surface area contributed by atoms with E-state index in [0.29, 0.717) is 22.0 Å². The Labute approximate surface area is 177 Å². The summed E-state index contributed by atoms with van der Waals surface area (Å²) in [6, 6.07) is 21.6. The SMILES string of the molecule is Cc1ccc(NC(=O)COc2ccc3c(-c4ccccc4)cc(=O)oc3c2)c(Cl)c1. The van der Waals surface area contributed by atoms with E-state index in [1.54, 1.807) is 24.3 Å². The van der Waals surface area contributed by atoms with E-state index in [4.69, 9.17) is 20.8 Å². The van der Waals surface area contributed by atoms with Crippen molar-refractivity contribution in [1.82, 2.24) is 0 Å². The first-order valence-corrected chi connectivity index (χ1v) is 9.69. The number of rotatable bonds is 5. The van der Waals surface area contributed by atoms with Gasteiger partial charge in [-0.05, 0) is 47.9 Å². The Kier molecular flexibility index (Phi) is 5.55. The van der Waals surface area contributed by atoms with Crippen LogP contribution in [-0.4, -0.2) is 12.5 Å². The minimum absolute atomic E-state index is 0.210. The van der Waals surface area contributed by atoms with Gasteiger partial charge in [0.2, 0.25) is 0 Å². The predicted molar refractivity (Wildman–Crippen MR) is 118 cm³/mol. The van der Waals surface area contributed by atoms with E-state index >= 15 is 0 Å². The van der Waals surface area contributed by atoms with Crippen molar-refractivity contribution in [3.05, 3.63) is 93.8 Å². The summed E-state index contributed by atoms with van der Waals surface area (Å²) in [4.78, 5) is 24.2. The number of carbonyl (C=O) groups is 1. The number of halogens is 1. The first-order chi connectivity index (χ1) is 14.5. The summed E-state index contributed by atoms with van der Waals surface area (Å²) < 4.78 is 10.9. The predicted octanol–water partition coefficient (Wildman–Crippen LogP) is 5.44. The van der Waals surface area contributed by atoms with Crippen LogP contribution in [0.3, 0.4) is 0 Å². The third-order valence-electron chi connectivity index (χ3n) is 4.57. The van der Waals surface area contributed by atoms with Crippen LogP contribution in [0.25, 0.3) is 22.1 Å². The third-order valence-corrected chi connectivity index (χ3v) is 4.88. The Hall–Kier alpha value is -3.57. The number of nitrogens with one attached hydrogen (secondary N) is 1. The number of amides is 1. The molecule has 3 aromatic carbocycles. The van der Waals surface area contributed by atoms with Gasteiger partial charge in [0.15, 0.2) is 6.61 Å². The fourth-order valence-corrected chi connectivity index (χ4v) is 3.43. The van der Waals surface area contributed by atoms with Crippen LogP contribution in [0.15, 0.2) is 82.0 Å². The molecule has 0 saturated heterocycles. The zero-order chi connectivity index (χ0) is 21.1. The van der Waals surface area contributed by atoms with Gasteiger partial charge in [0.05, 0.1) is 10.7 Å². The molecule has 0 aliphatic carbocycles. The van der Waals surface area contributed by atoms with Crippen molar-refractivity contribution in [2.45, 2.75) is 6.92 Å². The van der Waals surface area contributed by atoms with Gasteiger partial charge in [-0.15, -0.1) is 0 Å². The number of anilines is 1. The molecule has 150 valence electrons. The van der Waals surface area contributed by atoms with Crippen molar-refractivity contribution in [3.63, 3.8) is 0 Å². The van der Waals surface area contributed by atoms with E-state index < -0.39 is 5.63 Å². The maximum absolute atomic E-state index is 12.2. The van der Waals surface area contributed by atoms with Crippen molar-refractivity contribution in [2.24, 2.45) is 0 Å². The molecule has 1 heterocycles. The highest BCUT2D eigenvalue weighted by Gasteiger charge is 2.11. The molecule has 0 bridgehead atoms. The summed E-state index contributed by atoms with van der Waals surface area (Å²) in [5, 5.41) is 3.96. The van der Waals surface area contributed by atoms with Gasteiger partial charge in [-0.25, -0.2) is 4.79 Å². The maximum atomic E-state index is 12.2. The summed E-state index contributed by atoms with van der Waals surface area (Å²) in [5.74, 6) is 0.0707. The van der Waals surface area contributed by atoms with Crippen LogP contribution in [-0.2, 0) is 4.79 Å². The molecule has 1 N–H and O–H groups in total. The van der Waals surface area contributed by atoms with E-state index in [9.17, 15) is 9.59 Å². The normalized spacial score (nSPS) is 10.7. The number of carbonyl (C=O) groups excluding carboxylic acids is 1. The minimum Gasteiger partial charge on any atom is -0.484 e. The molecular formula is C24H18ClNO4. The molecule has 0 saturated carbocycles. The van der Waals surface area contributed by atoms with Crippen molar-refractivity contribution in [1.29, 1.82) is 0 Å². The lowest BCUT2D eigenvalue weighted by Crippen LogP contribution is -2.20. The van der Waals surface area contributed by atoms with Crippen molar-refractivity contribution < 1.29 is 13.9 Å². The average Bonchev–Trinajstić information content (AvgIpc) is 2.74. The lowest BCUT2D eigenvalue weighted by Gasteiger charge is -2.10. The Balaban J connectivity index is 1.53. The quantitative estimate of drug-likeness (QED) is 0.437. The largest absolute Gasteiger partial charge is 0.484 e. The number of ether oxygens (including phenoxy) is 1. The first-order valence-electron chi connectivity index (χ1n) is 9.32. The Morgan fingerprint density at radius 3 is 2.60 bits per heavy atom. The van der Waals surface area contributed by atoms with Crippen LogP contribution in [0.2, 0.25) is 5.02 Å². The van der Waals surface area contributed by atoms with Gasteiger partial charge < -0.3 is 14.5 Å². The van der Waals surface area contributed by atoms with Gasteiger partial charge in [-0.1, -0.05) is 48.0 Å². The van der Waals surface area contributed by atoms with Crippen LogP contribution in [0.1, 0.15) is 5.56 Å². The summed E-state index contributed by atoms with van der Waals surface area (Å²) in [6.07, 6.45) is 0. The van der Waals surface area contributed by atoms with Crippen LogP contribution in [0.5, 0.6) is 5.75 Å². The Bertz CT molecular complexity index is 1280. The van der Waals surface area contributed by atoms with Crippen LogP contribution >= 0.6 is 11.6 Å². The van der Waals surface area contributed by atoms with Gasteiger partial charge in [0.1, 0.15) is 11.3 Å². The molecule has 6 heteroatoms. The molecule has 0 aliphatic heterocycles. The highest BCUT2D eigenvalue weighted by Crippen LogP contribution is 2.29. The maximum Gasteiger partial charge on any atom is 0.336 e. The fraction of sp³-hybridized carbons (Fsp3) is 0.0833. The van der Waals surface area contributed by atoms with Gasteiger partial charge in [0, 0.05) is 17.5 Å². The summed E-state index contributed by atoms with van der Waals surface area (Å²) >= 11 is 6.14. The first kappa shape index (κ1) is 19.7. The van der Waals surface area contributed by atoms with E-state index in [1.165, 1.54) is 6.07 Å². The lowest BCUT2D eigenvalue weighted by atomic mass is 10.0. The molecular weight excluding hydrogens is 402 g/mol. The summed E-state index contributed by atoms with van der Waals surface area (Å²) in [6.45, 7) is 1.71. The highest BCUT2D eigenvalue weighted by molar-refractivity contribution is 6.33. The van der Waals surface area contributed by atoms with Crippen LogP contribution in [0.4, 0.5) is 5.69 Å². The molecule has 5 nitrogen and oxygen atoms in total. The number of fused-ring (bicyclic) bond motifs is 1. The third kappa shape index (κ3) is 4.36. The van der Waals surface area contributed by atoms with Crippen LogP contribution < -0.4 is 15.7 Å². The minimum atomic E-state index is -0.453. The zero-order valence-electron chi connectivity index (χ0n) is 16.1. The molecule has 0 aliphatic rings. The second-order valence-electron chi connectivity index (χ2n) is 6.82. The van der Waals surface area contributed by atoms with Gasteiger partial charge in [-0.2, -0.15) is 0 Å². The van der Waals surface area contributed by atoms with E-state index in [0.717, 1.165) is 22.1 Å². The smallest absolute Gasteiger partial charge is 0.336 e. The summed E-state index contributed by atoms with van der Waals surface area (Å²) in [5.41, 5.74) is 3.15. The Morgan fingerprint density at radius 2 is 1.83 bits per heavy atom. The fourth-order valence-electron chi connectivity index (χ4n) is 3.15. The summed E-state index contributed by atoms with van der Waals surface area (Å²) in [7, 11) is 0. The van der Waals surface area contributed by atoms with E-state index in [1.807, 2.05) is 49.4 Å². The van der Waals surface area contributed by atoms with Crippen molar-refractivity contribution >= 4 is 34.2 Å². The van der Waals surface area contributed by atoms with Crippen molar-refractivity contribution in [3.8, 4) is 16.9 Å². The molecule has 30 heavy (non-hydrogen) atoms. The zero-order valence-corrected chi connectivity index (χ0v) is 16.9. The molecule has 1 amide bonds. The second-order valence-corrected chi connectivity index (χ2v) is 7.23. The van der Waals surface area contributed by atoms with E-state index in [2.05, 4.69) is 5.32 Å². The van der Waals surface area contributed by atoms with Gasteiger partial charge >= 0.3 is 5.63 Å². The van der Waals surface area contributed by atoms with Gasteiger partial charge in [0.25, 0.3) is 5.91 Å². The Morgan fingerprint density at radius 1 is 1.03 bits per heavy atom. The number of hydrogen-bond donors (Lipinski definition) is 1. The molecule has 0 fully saturated rings. The number of benzene rings is 3. The van der Waals surface area contributed by atoms with Crippen molar-refractivity contribution in [2.75, 3.05) is 11.9 Å². The van der Waals surface area contributed by atoms with E-state index in [-0.39, 0.29) is 12.5 Å². The van der Waals surface area contributed by atoms with Crippen LogP contribution in [0, 0.1) is 6.92 Å². The second kappa shape index (κ2) is 8.43. The number of aryl methyl sites for hydroxylation is 1. The topological polar surface area (TPSA) is 68.5 Å².